The van der Waals surface area contributed by atoms with Gasteiger partial charge in [-0.15, -0.1) is 0 Å². The van der Waals surface area contributed by atoms with Crippen LogP contribution in [-0.4, -0.2) is 47.1 Å². The molecule has 5 nitrogen and oxygen atoms in total. The lowest BCUT2D eigenvalue weighted by atomic mass is 9.85. The van der Waals surface area contributed by atoms with Gasteiger partial charge in [0, 0.05) is 22.1 Å². The molecule has 0 saturated heterocycles. The first kappa shape index (κ1) is 18.0. The first-order valence-corrected chi connectivity index (χ1v) is 8.34. The zero-order valence-electron chi connectivity index (χ0n) is 12.9. The van der Waals surface area contributed by atoms with Crippen LogP contribution in [-0.2, 0) is 16.0 Å². The summed E-state index contributed by atoms with van der Waals surface area (Å²) in [7, 11) is 0. The molecule has 0 atom stereocenters. The first-order valence-electron chi connectivity index (χ1n) is 7.58. The smallest absolute Gasteiger partial charge is 0.317 e. The van der Waals surface area contributed by atoms with Gasteiger partial charge in [-0.3, -0.25) is 14.5 Å². The maximum atomic E-state index is 12.1. The maximum absolute atomic E-state index is 12.1. The molecule has 0 aliphatic heterocycles. The van der Waals surface area contributed by atoms with Crippen molar-refractivity contribution in [2.24, 2.45) is 0 Å². The van der Waals surface area contributed by atoms with Crippen LogP contribution in [0.5, 0.6) is 0 Å². The van der Waals surface area contributed by atoms with Crippen LogP contribution in [0.4, 0.5) is 0 Å². The second-order valence-electron chi connectivity index (χ2n) is 5.72. The molecule has 0 aromatic heterocycles. The zero-order chi connectivity index (χ0) is 17.0. The average molecular weight is 359 g/mol. The van der Waals surface area contributed by atoms with Crippen LogP contribution < -0.4 is 5.32 Å². The molecule has 1 aliphatic carbocycles. The van der Waals surface area contributed by atoms with Crippen molar-refractivity contribution in [1.29, 1.82) is 0 Å². The molecule has 2 rings (SSSR count). The number of carboxylic acid groups (broad SMARTS) is 1. The molecule has 0 heterocycles. The Morgan fingerprint density at radius 2 is 1.91 bits per heavy atom. The standard InChI is InChI=1S/C16H20Cl2N2O3/c1-2-20(9-16(22)23)11-6-10(7-11)19-15(21)8-12-13(17)4-3-5-14(12)18/h3-5,10-11H,2,6-9H2,1H3,(H,19,21)(H,22,23). The Morgan fingerprint density at radius 3 is 2.43 bits per heavy atom. The van der Waals surface area contributed by atoms with Crippen molar-refractivity contribution in [3.8, 4) is 0 Å². The molecule has 1 saturated carbocycles. The number of carbonyl (C=O) groups is 2. The summed E-state index contributed by atoms with van der Waals surface area (Å²) in [4.78, 5) is 24.8. The largest absolute Gasteiger partial charge is 0.480 e. The van der Waals surface area contributed by atoms with Gasteiger partial charge in [0.05, 0.1) is 13.0 Å². The van der Waals surface area contributed by atoms with Crippen molar-refractivity contribution in [1.82, 2.24) is 10.2 Å². The second-order valence-corrected chi connectivity index (χ2v) is 6.54. The van der Waals surface area contributed by atoms with E-state index in [0.29, 0.717) is 22.2 Å². The lowest BCUT2D eigenvalue weighted by molar-refractivity contribution is -0.139. The van der Waals surface area contributed by atoms with Crippen molar-refractivity contribution in [3.05, 3.63) is 33.8 Å². The summed E-state index contributed by atoms with van der Waals surface area (Å²) in [6.45, 7) is 2.66. The number of halogens is 2. The molecular formula is C16H20Cl2N2O3. The van der Waals surface area contributed by atoms with E-state index in [1.165, 1.54) is 0 Å². The van der Waals surface area contributed by atoms with Crippen LogP contribution in [0.3, 0.4) is 0 Å². The highest BCUT2D eigenvalue weighted by molar-refractivity contribution is 6.36. The van der Waals surface area contributed by atoms with Crippen LogP contribution >= 0.6 is 23.2 Å². The number of hydrogen-bond acceptors (Lipinski definition) is 3. The van der Waals surface area contributed by atoms with Gasteiger partial charge in [0.2, 0.25) is 5.91 Å². The van der Waals surface area contributed by atoms with E-state index in [0.717, 1.165) is 12.8 Å². The molecule has 23 heavy (non-hydrogen) atoms. The van der Waals surface area contributed by atoms with Crippen molar-refractivity contribution in [3.63, 3.8) is 0 Å². The molecule has 0 unspecified atom stereocenters. The van der Waals surface area contributed by atoms with Crippen LogP contribution in [0, 0.1) is 0 Å². The molecule has 0 bridgehead atoms. The van der Waals surface area contributed by atoms with Crippen molar-refractivity contribution in [2.75, 3.05) is 13.1 Å². The molecule has 1 aromatic rings. The Hall–Kier alpha value is -1.30. The summed E-state index contributed by atoms with van der Waals surface area (Å²) in [5.41, 5.74) is 0.630. The topological polar surface area (TPSA) is 69.6 Å². The van der Waals surface area contributed by atoms with E-state index in [9.17, 15) is 9.59 Å². The molecular weight excluding hydrogens is 339 g/mol. The molecule has 0 spiro atoms. The van der Waals surface area contributed by atoms with E-state index < -0.39 is 5.97 Å². The number of rotatable bonds is 7. The number of hydrogen-bond donors (Lipinski definition) is 2. The lowest BCUT2D eigenvalue weighted by Gasteiger charge is -2.42. The van der Waals surface area contributed by atoms with Crippen LogP contribution in [0.25, 0.3) is 0 Å². The Labute approximate surface area is 145 Å². The van der Waals surface area contributed by atoms with Crippen molar-refractivity contribution < 1.29 is 14.7 Å². The average Bonchev–Trinajstić information content (AvgIpc) is 2.44. The summed E-state index contributed by atoms with van der Waals surface area (Å²) >= 11 is 12.1. The Balaban J connectivity index is 1.81. The lowest BCUT2D eigenvalue weighted by Crippen LogP contribution is -2.55. The molecule has 7 heteroatoms. The zero-order valence-corrected chi connectivity index (χ0v) is 14.4. The van der Waals surface area contributed by atoms with E-state index in [2.05, 4.69) is 5.32 Å². The van der Waals surface area contributed by atoms with Gasteiger partial charge in [0.1, 0.15) is 0 Å². The van der Waals surface area contributed by atoms with Gasteiger partial charge in [-0.25, -0.2) is 0 Å². The molecule has 2 N–H and O–H groups in total. The van der Waals surface area contributed by atoms with E-state index in [-0.39, 0.29) is 31.0 Å². The van der Waals surface area contributed by atoms with Gasteiger partial charge in [0.25, 0.3) is 0 Å². The number of amides is 1. The van der Waals surface area contributed by atoms with Gasteiger partial charge >= 0.3 is 5.97 Å². The fourth-order valence-corrected chi connectivity index (χ4v) is 3.35. The Bertz CT molecular complexity index is 568. The van der Waals surface area contributed by atoms with Crippen LogP contribution in [0.2, 0.25) is 10.0 Å². The number of nitrogens with one attached hydrogen (secondary N) is 1. The minimum atomic E-state index is -0.826. The van der Waals surface area contributed by atoms with E-state index in [1.807, 2.05) is 11.8 Å². The van der Waals surface area contributed by atoms with Gasteiger partial charge in [0.15, 0.2) is 0 Å². The number of carboxylic acids is 1. The Morgan fingerprint density at radius 1 is 1.30 bits per heavy atom. The third-order valence-corrected chi connectivity index (χ3v) is 4.85. The number of likely N-dealkylation sites (N-methyl/N-ethyl adjacent to an activating group) is 1. The molecule has 1 aliphatic rings. The molecule has 1 aromatic carbocycles. The van der Waals surface area contributed by atoms with Crippen molar-refractivity contribution in [2.45, 2.75) is 38.3 Å². The molecule has 126 valence electrons. The molecule has 0 radical (unpaired) electrons. The highest BCUT2D eigenvalue weighted by atomic mass is 35.5. The Kier molecular flexibility index (Phi) is 6.27. The normalized spacial score (nSPS) is 20.2. The predicted octanol–water partition coefficient (Wildman–Crippen LogP) is 2.59. The fraction of sp³-hybridized carbons (Fsp3) is 0.500. The summed E-state index contributed by atoms with van der Waals surface area (Å²) in [6.07, 6.45) is 1.68. The number of carbonyl (C=O) groups excluding carboxylic acids is 1. The number of benzene rings is 1. The predicted molar refractivity (Wildman–Crippen MR) is 90.0 cm³/mol. The summed E-state index contributed by atoms with van der Waals surface area (Å²) in [5.74, 6) is -0.947. The SMILES string of the molecule is CCN(CC(=O)O)C1CC(NC(=O)Cc2c(Cl)cccc2Cl)C1. The van der Waals surface area contributed by atoms with E-state index in [4.69, 9.17) is 28.3 Å². The highest BCUT2D eigenvalue weighted by Gasteiger charge is 2.34. The van der Waals surface area contributed by atoms with Gasteiger partial charge in [-0.2, -0.15) is 0 Å². The summed E-state index contributed by atoms with van der Waals surface area (Å²) in [5, 5.41) is 12.8. The van der Waals surface area contributed by atoms with E-state index >= 15 is 0 Å². The summed E-state index contributed by atoms with van der Waals surface area (Å²) < 4.78 is 0. The summed E-state index contributed by atoms with van der Waals surface area (Å²) in [6, 6.07) is 5.45. The first-order chi connectivity index (χ1) is 10.9. The van der Waals surface area contributed by atoms with Gasteiger partial charge in [-0.1, -0.05) is 36.2 Å². The third-order valence-electron chi connectivity index (χ3n) is 4.14. The van der Waals surface area contributed by atoms with Gasteiger partial charge < -0.3 is 10.4 Å². The molecule has 1 amide bonds. The minimum Gasteiger partial charge on any atom is -0.480 e. The highest BCUT2D eigenvalue weighted by Crippen LogP contribution is 2.27. The third kappa shape index (κ3) is 4.83. The number of aliphatic carboxylic acids is 1. The number of nitrogens with zero attached hydrogens (tertiary/aromatic N) is 1. The minimum absolute atomic E-state index is 0.0388. The quantitative estimate of drug-likeness (QED) is 0.785. The van der Waals surface area contributed by atoms with E-state index in [1.54, 1.807) is 18.2 Å². The second kappa shape index (κ2) is 7.99. The van der Waals surface area contributed by atoms with Crippen LogP contribution in [0.1, 0.15) is 25.3 Å². The van der Waals surface area contributed by atoms with Crippen molar-refractivity contribution >= 4 is 35.1 Å². The molecule has 1 fully saturated rings. The monoisotopic (exact) mass is 358 g/mol. The van der Waals surface area contributed by atoms with Crippen LogP contribution in [0.15, 0.2) is 18.2 Å². The fourth-order valence-electron chi connectivity index (χ4n) is 2.82. The maximum Gasteiger partial charge on any atom is 0.317 e. The van der Waals surface area contributed by atoms with Gasteiger partial charge in [-0.05, 0) is 37.1 Å².